The first-order valence-electron chi connectivity index (χ1n) is 10.7. The van der Waals surface area contributed by atoms with Crippen LogP contribution in [-0.2, 0) is 4.79 Å². The summed E-state index contributed by atoms with van der Waals surface area (Å²) in [6, 6.07) is 26.8. The average Bonchev–Trinajstić information content (AvgIpc) is 3.51. The van der Waals surface area contributed by atoms with Crippen LogP contribution in [0.2, 0.25) is 5.02 Å². The summed E-state index contributed by atoms with van der Waals surface area (Å²) in [7, 11) is 0. The van der Waals surface area contributed by atoms with E-state index in [9.17, 15) is 4.79 Å². The van der Waals surface area contributed by atoms with Crippen LogP contribution < -0.4 is 10.6 Å². The zero-order valence-electron chi connectivity index (χ0n) is 18.2. The van der Waals surface area contributed by atoms with Crippen molar-refractivity contribution in [1.82, 2.24) is 10.3 Å². The summed E-state index contributed by atoms with van der Waals surface area (Å²) in [5, 5.41) is 7.47. The third kappa shape index (κ3) is 5.66. The lowest BCUT2D eigenvalue weighted by Gasteiger charge is -2.08. The highest BCUT2D eigenvalue weighted by Gasteiger charge is 2.08. The second-order valence-electron chi connectivity index (χ2n) is 7.55. The predicted octanol–water partition coefficient (Wildman–Crippen LogP) is 7.40. The largest absolute Gasteiger partial charge is 0.457 e. The lowest BCUT2D eigenvalue weighted by Crippen LogP contribution is -2.32. The summed E-state index contributed by atoms with van der Waals surface area (Å²) in [4.78, 5) is 16.9. The Morgan fingerprint density at radius 1 is 0.943 bits per heavy atom. The molecule has 0 saturated carbocycles. The third-order valence-corrected chi connectivity index (χ3v) is 6.62. The fourth-order valence-electron chi connectivity index (χ4n) is 3.38. The van der Waals surface area contributed by atoms with Crippen molar-refractivity contribution < 1.29 is 9.21 Å². The number of hydrogen-bond acceptors (Lipinski definition) is 5. The van der Waals surface area contributed by atoms with Gasteiger partial charge in [-0.1, -0.05) is 23.7 Å². The Labute approximate surface area is 216 Å². The molecule has 0 aliphatic rings. The number of furan rings is 1. The van der Waals surface area contributed by atoms with Gasteiger partial charge in [-0.05, 0) is 91.1 Å². The summed E-state index contributed by atoms with van der Waals surface area (Å²) >= 11 is 12.8. The van der Waals surface area contributed by atoms with Gasteiger partial charge in [0.1, 0.15) is 16.5 Å². The molecule has 0 fully saturated rings. The minimum atomic E-state index is -0.363. The van der Waals surface area contributed by atoms with E-state index in [-0.39, 0.29) is 11.0 Å². The van der Waals surface area contributed by atoms with Crippen LogP contribution in [0.1, 0.15) is 5.76 Å². The van der Waals surface area contributed by atoms with Crippen molar-refractivity contribution in [1.29, 1.82) is 0 Å². The number of carbonyl (C=O) groups excluding carboxylic acids is 1. The molecule has 5 aromatic rings. The Morgan fingerprint density at radius 3 is 2.46 bits per heavy atom. The molecule has 2 N–H and O–H groups in total. The molecule has 0 spiro atoms. The normalized spacial score (nSPS) is 11.1. The van der Waals surface area contributed by atoms with E-state index < -0.39 is 0 Å². The smallest absolute Gasteiger partial charge is 0.250 e. The van der Waals surface area contributed by atoms with Gasteiger partial charge in [-0.2, -0.15) is 0 Å². The van der Waals surface area contributed by atoms with Crippen LogP contribution in [0.3, 0.4) is 0 Å². The first-order chi connectivity index (χ1) is 17.0. The van der Waals surface area contributed by atoms with Crippen LogP contribution in [0.15, 0.2) is 95.4 Å². The molecule has 0 radical (unpaired) electrons. The van der Waals surface area contributed by atoms with E-state index >= 15 is 0 Å². The minimum Gasteiger partial charge on any atom is -0.457 e. The number of fused-ring (bicyclic) bond motifs is 1. The molecule has 0 unspecified atom stereocenters. The van der Waals surface area contributed by atoms with Crippen molar-refractivity contribution in [3.63, 3.8) is 0 Å². The number of benzene rings is 3. The van der Waals surface area contributed by atoms with Crippen molar-refractivity contribution >= 4 is 68.2 Å². The maximum Gasteiger partial charge on any atom is 0.250 e. The molecule has 0 aliphatic carbocycles. The number of nitrogens with one attached hydrogen (secondary N) is 2. The number of carbonyl (C=O) groups is 1. The highest BCUT2D eigenvalue weighted by molar-refractivity contribution is 7.80. The number of rotatable bonds is 5. The van der Waals surface area contributed by atoms with E-state index in [0.29, 0.717) is 16.5 Å². The van der Waals surface area contributed by atoms with Gasteiger partial charge in [-0.15, -0.1) is 11.3 Å². The molecule has 0 atom stereocenters. The van der Waals surface area contributed by atoms with Crippen LogP contribution in [0.25, 0.3) is 38.2 Å². The molecule has 8 heteroatoms. The van der Waals surface area contributed by atoms with Crippen LogP contribution in [0, 0.1) is 0 Å². The van der Waals surface area contributed by atoms with Crippen molar-refractivity contribution in [3.8, 4) is 21.9 Å². The fourth-order valence-corrected chi connectivity index (χ4v) is 4.69. The molecular weight excluding hydrogens is 498 g/mol. The maximum atomic E-state index is 12.3. The van der Waals surface area contributed by atoms with E-state index in [1.54, 1.807) is 35.6 Å². The lowest BCUT2D eigenvalue weighted by atomic mass is 10.2. The average molecular weight is 516 g/mol. The molecular formula is C27H18ClN3O2S2. The SMILES string of the molecule is O=C(C=Cc1ccc(-c2ccc(Cl)cc2)o1)NC(=S)Nc1ccc(-c2nc3ccccc3s2)cc1. The predicted molar refractivity (Wildman–Crippen MR) is 148 cm³/mol. The zero-order chi connectivity index (χ0) is 24.2. The molecule has 2 aromatic heterocycles. The van der Waals surface area contributed by atoms with Crippen molar-refractivity contribution in [3.05, 3.63) is 102 Å². The molecule has 0 aliphatic heterocycles. The van der Waals surface area contributed by atoms with Crippen molar-refractivity contribution in [2.75, 3.05) is 5.32 Å². The van der Waals surface area contributed by atoms with Gasteiger partial charge in [-0.3, -0.25) is 10.1 Å². The number of anilines is 1. The van der Waals surface area contributed by atoms with Gasteiger partial charge >= 0.3 is 0 Å². The van der Waals surface area contributed by atoms with E-state index in [4.69, 9.17) is 28.2 Å². The highest BCUT2D eigenvalue weighted by Crippen LogP contribution is 2.30. The van der Waals surface area contributed by atoms with E-state index in [1.165, 1.54) is 6.08 Å². The molecule has 172 valence electrons. The van der Waals surface area contributed by atoms with E-state index in [1.807, 2.05) is 60.7 Å². The molecule has 3 aromatic carbocycles. The Kier molecular flexibility index (Phi) is 6.72. The highest BCUT2D eigenvalue weighted by atomic mass is 35.5. The molecule has 0 saturated heterocycles. The summed E-state index contributed by atoms with van der Waals surface area (Å²) in [6.45, 7) is 0. The maximum absolute atomic E-state index is 12.3. The monoisotopic (exact) mass is 515 g/mol. The second kappa shape index (κ2) is 10.2. The van der Waals surface area contributed by atoms with Crippen LogP contribution in [0.5, 0.6) is 0 Å². The number of para-hydroxylation sites is 1. The van der Waals surface area contributed by atoms with Gasteiger partial charge < -0.3 is 9.73 Å². The molecule has 2 heterocycles. The van der Waals surface area contributed by atoms with Crippen LogP contribution >= 0.6 is 35.2 Å². The quantitative estimate of drug-likeness (QED) is 0.188. The number of thiocarbonyl (C=S) groups is 1. The molecule has 35 heavy (non-hydrogen) atoms. The van der Waals surface area contributed by atoms with Crippen LogP contribution in [-0.4, -0.2) is 16.0 Å². The number of amides is 1. The Morgan fingerprint density at radius 2 is 1.69 bits per heavy atom. The molecule has 0 bridgehead atoms. The van der Waals surface area contributed by atoms with Gasteiger partial charge in [0.25, 0.3) is 0 Å². The first kappa shape index (κ1) is 23.0. The molecule has 5 nitrogen and oxygen atoms in total. The minimum absolute atomic E-state index is 0.202. The standard InChI is InChI=1S/C27H18ClN3O2S2/c28-19-9-5-17(6-10-19)23-15-13-21(33-23)14-16-25(32)31-27(34)29-20-11-7-18(8-12-20)26-30-22-3-1-2-4-24(22)35-26/h1-16H,(H2,29,31,32,34). The lowest BCUT2D eigenvalue weighted by molar-refractivity contribution is -0.115. The number of halogens is 1. The Hall–Kier alpha value is -3.78. The zero-order valence-corrected chi connectivity index (χ0v) is 20.6. The fraction of sp³-hybridized carbons (Fsp3) is 0. The first-order valence-corrected chi connectivity index (χ1v) is 12.3. The summed E-state index contributed by atoms with van der Waals surface area (Å²) < 4.78 is 6.92. The van der Waals surface area contributed by atoms with Crippen molar-refractivity contribution in [2.45, 2.75) is 0 Å². The summed E-state index contributed by atoms with van der Waals surface area (Å²) in [5.41, 5.74) is 3.68. The van der Waals surface area contributed by atoms with E-state index in [0.717, 1.165) is 32.0 Å². The summed E-state index contributed by atoms with van der Waals surface area (Å²) in [5.74, 6) is 0.876. The molecule has 5 rings (SSSR count). The topological polar surface area (TPSA) is 67.2 Å². The summed E-state index contributed by atoms with van der Waals surface area (Å²) in [6.07, 6.45) is 2.96. The van der Waals surface area contributed by atoms with Crippen molar-refractivity contribution in [2.24, 2.45) is 0 Å². The number of aromatic nitrogens is 1. The third-order valence-electron chi connectivity index (χ3n) is 5.07. The number of thiazole rings is 1. The van der Waals surface area contributed by atoms with Gasteiger partial charge in [0.05, 0.1) is 10.2 Å². The van der Waals surface area contributed by atoms with Gasteiger partial charge in [0, 0.05) is 27.9 Å². The molecule has 1 amide bonds. The Balaban J connectivity index is 1.16. The van der Waals surface area contributed by atoms with Gasteiger partial charge in [0.2, 0.25) is 5.91 Å². The van der Waals surface area contributed by atoms with Gasteiger partial charge in [-0.25, -0.2) is 4.98 Å². The second-order valence-corrected chi connectivity index (χ2v) is 9.43. The Bertz CT molecular complexity index is 1500. The van der Waals surface area contributed by atoms with Crippen LogP contribution in [0.4, 0.5) is 5.69 Å². The van der Waals surface area contributed by atoms with E-state index in [2.05, 4.69) is 21.7 Å². The number of nitrogens with zero attached hydrogens (tertiary/aromatic N) is 1. The number of hydrogen-bond donors (Lipinski definition) is 2. The van der Waals surface area contributed by atoms with Gasteiger partial charge in [0.15, 0.2) is 5.11 Å².